The maximum atomic E-state index is 11.6. The summed E-state index contributed by atoms with van der Waals surface area (Å²) in [7, 11) is 12.9. The molecule has 0 rings (SSSR count). The molecule has 0 radical (unpaired) electrons. The lowest BCUT2D eigenvalue weighted by molar-refractivity contribution is -0.129. The van der Waals surface area contributed by atoms with E-state index in [4.69, 9.17) is 24.4 Å². The number of carbonyl (C=O) groups excluding carboxylic acids is 2. The minimum atomic E-state index is -0.0216. The number of thiocarbonyl (C=S) groups is 2. The molecule has 0 saturated carbocycles. The van der Waals surface area contributed by atoms with Gasteiger partial charge in [0.15, 0.2) is 0 Å². The van der Waals surface area contributed by atoms with Gasteiger partial charge in [-0.05, 0) is 21.6 Å². The molecule has 0 aliphatic rings. The molecule has 0 fully saturated rings. The fourth-order valence-electron chi connectivity index (χ4n) is 1.02. The van der Waals surface area contributed by atoms with E-state index >= 15 is 0 Å². The van der Waals surface area contributed by atoms with Crippen molar-refractivity contribution in [2.24, 2.45) is 0 Å². The van der Waals surface area contributed by atoms with Crippen molar-refractivity contribution in [1.29, 1.82) is 0 Å². The normalized spacial score (nSPS) is 9.91. The molecule has 22 heavy (non-hydrogen) atoms. The molecule has 0 saturated heterocycles. The summed E-state index contributed by atoms with van der Waals surface area (Å²) in [6.07, 6.45) is 0. The zero-order valence-electron chi connectivity index (χ0n) is 13.7. The maximum absolute atomic E-state index is 11.6. The molecule has 0 atom stereocenters. The third kappa shape index (κ3) is 8.16. The monoisotopic (exact) mass is 382 g/mol. The van der Waals surface area contributed by atoms with Crippen LogP contribution in [0.5, 0.6) is 0 Å². The Balaban J connectivity index is 4.26. The van der Waals surface area contributed by atoms with E-state index in [1.807, 2.05) is 0 Å². The second-order valence-corrected chi connectivity index (χ2v) is 8.38. The van der Waals surface area contributed by atoms with Crippen LogP contribution in [-0.4, -0.2) is 95.4 Å². The first-order valence-electron chi connectivity index (χ1n) is 6.31. The topological polar surface area (TPSA) is 47.1 Å². The van der Waals surface area contributed by atoms with Crippen molar-refractivity contribution < 1.29 is 9.59 Å². The third-order valence-corrected chi connectivity index (χ3v) is 6.50. The van der Waals surface area contributed by atoms with Gasteiger partial charge in [-0.1, -0.05) is 24.4 Å². The van der Waals surface area contributed by atoms with Crippen molar-refractivity contribution in [3.8, 4) is 0 Å². The first kappa shape index (κ1) is 21.4. The maximum Gasteiger partial charge on any atom is 0.241 e. The predicted octanol–water partition coefficient (Wildman–Crippen LogP) is 0.978. The second-order valence-electron chi connectivity index (χ2n) is 4.99. The van der Waals surface area contributed by atoms with E-state index in [2.05, 4.69) is 0 Å². The van der Waals surface area contributed by atoms with E-state index in [1.165, 1.54) is 31.4 Å². The van der Waals surface area contributed by atoms with Crippen LogP contribution < -0.4 is 0 Å². The van der Waals surface area contributed by atoms with Crippen molar-refractivity contribution in [3.05, 3.63) is 0 Å². The Labute approximate surface area is 150 Å². The first-order valence-corrected chi connectivity index (χ1v) is 9.28. The molecular weight excluding hydrogens is 360 g/mol. The Morgan fingerprint density at radius 1 is 0.727 bits per heavy atom. The fourth-order valence-corrected chi connectivity index (χ4v) is 3.48. The van der Waals surface area contributed by atoms with Gasteiger partial charge < -0.3 is 19.6 Å². The van der Waals surface area contributed by atoms with Gasteiger partial charge in [0.1, 0.15) is 8.64 Å². The van der Waals surface area contributed by atoms with Crippen LogP contribution in [0.1, 0.15) is 0 Å². The highest BCUT2D eigenvalue weighted by atomic mass is 33.1. The quantitative estimate of drug-likeness (QED) is 0.527. The average molecular weight is 383 g/mol. The van der Waals surface area contributed by atoms with Gasteiger partial charge >= 0.3 is 0 Å². The number of likely N-dealkylation sites (N-methyl/N-ethyl adjacent to an activating group) is 4. The van der Waals surface area contributed by atoms with E-state index in [9.17, 15) is 9.59 Å². The molecule has 0 aromatic rings. The summed E-state index contributed by atoms with van der Waals surface area (Å²) < 4.78 is 1.13. The van der Waals surface area contributed by atoms with Gasteiger partial charge in [-0.3, -0.25) is 9.59 Å². The SMILES string of the molecule is CN(C)C(=O)CN(C)C(=S)SSC(=S)N(C)CC(=O)N(C)C. The number of hydrogen-bond acceptors (Lipinski definition) is 6. The Hall–Kier alpha value is -0.580. The van der Waals surface area contributed by atoms with Crippen molar-refractivity contribution >= 4 is 66.5 Å². The number of amides is 2. The Bertz CT molecular complexity index is 403. The Morgan fingerprint density at radius 3 is 1.23 bits per heavy atom. The van der Waals surface area contributed by atoms with Gasteiger partial charge in [-0.25, -0.2) is 0 Å². The molecule has 0 aliphatic carbocycles. The summed E-state index contributed by atoms with van der Waals surface area (Å²) in [6.45, 7) is 0.447. The van der Waals surface area contributed by atoms with Gasteiger partial charge in [0.25, 0.3) is 0 Å². The molecule has 0 heterocycles. The first-order chi connectivity index (χ1) is 10.1. The van der Waals surface area contributed by atoms with Crippen LogP contribution in [0.3, 0.4) is 0 Å². The highest BCUT2D eigenvalue weighted by Crippen LogP contribution is 2.27. The van der Waals surface area contributed by atoms with Crippen molar-refractivity contribution in [1.82, 2.24) is 19.6 Å². The molecule has 0 aromatic carbocycles. The predicted molar refractivity (Wildman–Crippen MR) is 103 cm³/mol. The largest absolute Gasteiger partial charge is 0.351 e. The number of rotatable bonds is 4. The lowest BCUT2D eigenvalue weighted by Crippen LogP contribution is -2.36. The van der Waals surface area contributed by atoms with Crippen LogP contribution >= 0.6 is 46.0 Å². The number of hydrogen-bond donors (Lipinski definition) is 0. The molecule has 0 bridgehead atoms. The van der Waals surface area contributed by atoms with Crippen molar-refractivity contribution in [3.63, 3.8) is 0 Å². The van der Waals surface area contributed by atoms with Crippen LogP contribution in [-0.2, 0) is 9.59 Å². The highest BCUT2D eigenvalue weighted by molar-refractivity contribution is 8.89. The summed E-state index contributed by atoms with van der Waals surface area (Å²) in [5.74, 6) is -0.0431. The van der Waals surface area contributed by atoms with Crippen LogP contribution in [0.15, 0.2) is 0 Å². The second kappa shape index (κ2) is 10.2. The van der Waals surface area contributed by atoms with Gasteiger partial charge in [-0.15, -0.1) is 0 Å². The number of carbonyl (C=O) groups is 2. The molecular formula is C12H22N4O2S4. The molecule has 10 heteroatoms. The summed E-state index contributed by atoms with van der Waals surface area (Å²) in [6, 6.07) is 0. The van der Waals surface area contributed by atoms with Crippen LogP contribution in [0, 0.1) is 0 Å². The minimum Gasteiger partial charge on any atom is -0.351 e. The van der Waals surface area contributed by atoms with Gasteiger partial charge in [-0.2, -0.15) is 0 Å². The van der Waals surface area contributed by atoms with Gasteiger partial charge in [0, 0.05) is 42.3 Å². The molecule has 0 N–H and O–H groups in total. The van der Waals surface area contributed by atoms with E-state index < -0.39 is 0 Å². The lowest BCUT2D eigenvalue weighted by Gasteiger charge is -2.23. The summed E-state index contributed by atoms with van der Waals surface area (Å²) in [5.41, 5.74) is 0. The van der Waals surface area contributed by atoms with Crippen molar-refractivity contribution in [2.45, 2.75) is 0 Å². The smallest absolute Gasteiger partial charge is 0.241 e. The fraction of sp³-hybridized carbons (Fsp3) is 0.667. The van der Waals surface area contributed by atoms with E-state index in [0.29, 0.717) is 8.64 Å². The molecule has 126 valence electrons. The minimum absolute atomic E-state index is 0.0216. The standard InChI is InChI=1S/C12H22N4O2S4/c1-13(2)9(17)7-15(5)11(19)21-22-12(20)16(6)8-10(18)14(3)4/h7-8H2,1-6H3. The molecule has 0 unspecified atom stereocenters. The Morgan fingerprint density at radius 2 is 1.00 bits per heavy atom. The molecule has 6 nitrogen and oxygen atoms in total. The lowest BCUT2D eigenvalue weighted by atomic mass is 10.5. The zero-order chi connectivity index (χ0) is 17.4. The summed E-state index contributed by atoms with van der Waals surface area (Å²) in [4.78, 5) is 29.7. The molecule has 2 amide bonds. The highest BCUT2D eigenvalue weighted by Gasteiger charge is 2.16. The van der Waals surface area contributed by atoms with Gasteiger partial charge in [0.05, 0.1) is 13.1 Å². The van der Waals surface area contributed by atoms with E-state index in [0.717, 1.165) is 0 Å². The van der Waals surface area contributed by atoms with E-state index in [-0.39, 0.29) is 24.9 Å². The van der Waals surface area contributed by atoms with E-state index in [1.54, 1.807) is 52.1 Å². The summed E-state index contributed by atoms with van der Waals surface area (Å²) >= 11 is 10.5. The molecule has 0 aliphatic heterocycles. The van der Waals surface area contributed by atoms with Crippen LogP contribution in [0.4, 0.5) is 0 Å². The third-order valence-electron chi connectivity index (χ3n) is 2.55. The van der Waals surface area contributed by atoms with Crippen LogP contribution in [0.25, 0.3) is 0 Å². The summed E-state index contributed by atoms with van der Waals surface area (Å²) in [5, 5.41) is 0. The average Bonchev–Trinajstić information content (AvgIpc) is 2.43. The molecule has 0 spiro atoms. The van der Waals surface area contributed by atoms with Gasteiger partial charge in [0.2, 0.25) is 11.8 Å². The van der Waals surface area contributed by atoms with Crippen LogP contribution in [0.2, 0.25) is 0 Å². The zero-order valence-corrected chi connectivity index (χ0v) is 16.9. The molecule has 0 aromatic heterocycles. The number of nitrogens with zero attached hydrogens (tertiary/aromatic N) is 4. The van der Waals surface area contributed by atoms with Crippen molar-refractivity contribution in [2.75, 3.05) is 55.4 Å². The Kier molecular flexibility index (Phi) is 9.97.